The number of halogens is 1. The highest BCUT2D eigenvalue weighted by molar-refractivity contribution is 6.32. The zero-order valence-electron chi connectivity index (χ0n) is 10.8. The van der Waals surface area contributed by atoms with Gasteiger partial charge in [0, 0.05) is 11.9 Å². The average Bonchev–Trinajstić information content (AvgIpc) is 2.42. The smallest absolute Gasteiger partial charge is 0.319 e. The van der Waals surface area contributed by atoms with E-state index < -0.39 is 16.5 Å². The maximum absolute atomic E-state index is 12.1. The molecule has 0 saturated heterocycles. The predicted molar refractivity (Wildman–Crippen MR) is 76.7 cm³/mol. The van der Waals surface area contributed by atoms with Crippen molar-refractivity contribution in [1.29, 1.82) is 0 Å². The first-order valence-corrected chi connectivity index (χ1v) is 6.18. The SMILES string of the molecule is Cc1cc(NC(=O)c2ccnc(Cl)c2[N+](=O)[O-])ccc1O. The molecule has 0 atom stereocenters. The van der Waals surface area contributed by atoms with Gasteiger partial charge < -0.3 is 10.4 Å². The molecule has 1 heterocycles. The van der Waals surface area contributed by atoms with Crippen molar-refractivity contribution in [2.45, 2.75) is 6.92 Å². The van der Waals surface area contributed by atoms with Crippen molar-refractivity contribution in [3.05, 3.63) is 56.9 Å². The van der Waals surface area contributed by atoms with E-state index in [0.717, 1.165) is 0 Å². The zero-order valence-corrected chi connectivity index (χ0v) is 11.6. The second kappa shape index (κ2) is 5.76. The van der Waals surface area contributed by atoms with Gasteiger partial charge in [0.25, 0.3) is 5.91 Å². The largest absolute Gasteiger partial charge is 0.508 e. The quantitative estimate of drug-likeness (QED) is 0.392. The van der Waals surface area contributed by atoms with Gasteiger partial charge in [-0.15, -0.1) is 0 Å². The Morgan fingerprint density at radius 2 is 2.14 bits per heavy atom. The number of carbonyl (C=O) groups is 1. The van der Waals surface area contributed by atoms with Crippen LogP contribution in [0, 0.1) is 17.0 Å². The van der Waals surface area contributed by atoms with Gasteiger partial charge in [-0.3, -0.25) is 14.9 Å². The van der Waals surface area contributed by atoms with E-state index in [1.165, 1.54) is 24.4 Å². The fourth-order valence-electron chi connectivity index (χ4n) is 1.72. The highest BCUT2D eigenvalue weighted by atomic mass is 35.5. The van der Waals surface area contributed by atoms with E-state index in [1.807, 2.05) is 0 Å². The summed E-state index contributed by atoms with van der Waals surface area (Å²) >= 11 is 5.65. The van der Waals surface area contributed by atoms with Crippen LogP contribution in [0.3, 0.4) is 0 Å². The molecule has 0 aliphatic heterocycles. The van der Waals surface area contributed by atoms with E-state index in [4.69, 9.17) is 11.6 Å². The summed E-state index contributed by atoms with van der Waals surface area (Å²) in [6.45, 7) is 1.66. The van der Waals surface area contributed by atoms with Crippen LogP contribution in [0.1, 0.15) is 15.9 Å². The number of benzene rings is 1. The van der Waals surface area contributed by atoms with Crippen molar-refractivity contribution in [2.24, 2.45) is 0 Å². The maximum atomic E-state index is 12.1. The molecule has 2 N–H and O–H groups in total. The monoisotopic (exact) mass is 307 g/mol. The van der Waals surface area contributed by atoms with Crippen molar-refractivity contribution in [1.82, 2.24) is 4.98 Å². The summed E-state index contributed by atoms with van der Waals surface area (Å²) in [6.07, 6.45) is 1.21. The summed E-state index contributed by atoms with van der Waals surface area (Å²) in [5, 5.41) is 22.5. The number of anilines is 1. The van der Waals surface area contributed by atoms with Gasteiger partial charge in [0.15, 0.2) is 0 Å². The fraction of sp³-hybridized carbons (Fsp3) is 0.0769. The van der Waals surface area contributed by atoms with Crippen molar-refractivity contribution in [3.8, 4) is 5.75 Å². The molecule has 0 aliphatic carbocycles. The van der Waals surface area contributed by atoms with Crippen LogP contribution in [0.5, 0.6) is 5.75 Å². The van der Waals surface area contributed by atoms with Crippen molar-refractivity contribution in [2.75, 3.05) is 5.32 Å². The molecular weight excluding hydrogens is 298 g/mol. The molecule has 2 aromatic rings. The Balaban J connectivity index is 2.35. The first-order chi connectivity index (χ1) is 9.90. The average molecular weight is 308 g/mol. The van der Waals surface area contributed by atoms with Crippen LogP contribution in [-0.4, -0.2) is 20.9 Å². The predicted octanol–water partition coefficient (Wildman–Crippen LogP) is 2.91. The Morgan fingerprint density at radius 3 is 2.76 bits per heavy atom. The van der Waals surface area contributed by atoms with Gasteiger partial charge in [0.05, 0.1) is 4.92 Å². The lowest BCUT2D eigenvalue weighted by atomic mass is 10.1. The van der Waals surface area contributed by atoms with Crippen molar-refractivity contribution < 1.29 is 14.8 Å². The summed E-state index contributed by atoms with van der Waals surface area (Å²) in [7, 11) is 0. The summed E-state index contributed by atoms with van der Waals surface area (Å²) in [5.41, 5.74) is 0.227. The van der Waals surface area contributed by atoms with Gasteiger partial charge >= 0.3 is 5.69 Å². The van der Waals surface area contributed by atoms with Gasteiger partial charge in [-0.1, -0.05) is 11.6 Å². The lowest BCUT2D eigenvalue weighted by Crippen LogP contribution is -2.14. The third-order valence-corrected chi connectivity index (χ3v) is 3.04. The standard InChI is InChI=1S/C13H10ClN3O4/c1-7-6-8(2-3-10(7)18)16-13(19)9-4-5-15-12(14)11(9)17(20)21/h2-6,18H,1H3,(H,16,19). The molecule has 8 heteroatoms. The van der Waals surface area contributed by atoms with Crippen LogP contribution in [0.25, 0.3) is 0 Å². The summed E-state index contributed by atoms with van der Waals surface area (Å²) in [4.78, 5) is 25.9. The molecule has 1 aromatic carbocycles. The second-order valence-electron chi connectivity index (χ2n) is 4.21. The highest BCUT2D eigenvalue weighted by Gasteiger charge is 2.24. The lowest BCUT2D eigenvalue weighted by Gasteiger charge is -2.07. The fourth-order valence-corrected chi connectivity index (χ4v) is 1.94. The number of phenolic OH excluding ortho intramolecular Hbond substituents is 1. The minimum atomic E-state index is -0.758. The third kappa shape index (κ3) is 3.09. The minimum absolute atomic E-state index is 0.0888. The molecule has 7 nitrogen and oxygen atoms in total. The van der Waals surface area contributed by atoms with Crippen molar-refractivity contribution >= 4 is 28.9 Å². The molecule has 0 radical (unpaired) electrons. The van der Waals surface area contributed by atoms with Gasteiger partial charge in [0.2, 0.25) is 5.15 Å². The summed E-state index contributed by atoms with van der Waals surface area (Å²) in [6, 6.07) is 5.65. The van der Waals surface area contributed by atoms with Crippen LogP contribution < -0.4 is 5.32 Å². The molecular formula is C13H10ClN3O4. The van der Waals surface area contributed by atoms with E-state index in [1.54, 1.807) is 13.0 Å². The number of nitrogens with zero attached hydrogens (tertiary/aromatic N) is 2. The van der Waals surface area contributed by atoms with Crippen LogP contribution in [0.2, 0.25) is 5.15 Å². The van der Waals surface area contributed by atoms with Gasteiger partial charge in [0.1, 0.15) is 11.3 Å². The number of aryl methyl sites for hydroxylation is 1. The lowest BCUT2D eigenvalue weighted by molar-refractivity contribution is -0.385. The van der Waals surface area contributed by atoms with Crippen molar-refractivity contribution in [3.63, 3.8) is 0 Å². The number of amides is 1. The zero-order chi connectivity index (χ0) is 15.6. The first-order valence-electron chi connectivity index (χ1n) is 5.80. The molecule has 2 rings (SSSR count). The van der Waals surface area contributed by atoms with E-state index in [2.05, 4.69) is 10.3 Å². The second-order valence-corrected chi connectivity index (χ2v) is 4.57. The minimum Gasteiger partial charge on any atom is -0.508 e. The van der Waals surface area contributed by atoms with E-state index in [-0.39, 0.29) is 16.5 Å². The number of nitro groups is 1. The van der Waals surface area contributed by atoms with E-state index >= 15 is 0 Å². The van der Waals surface area contributed by atoms with Crippen LogP contribution in [-0.2, 0) is 0 Å². The molecule has 108 valence electrons. The number of hydrogen-bond acceptors (Lipinski definition) is 5. The van der Waals surface area contributed by atoms with Gasteiger partial charge in [-0.25, -0.2) is 4.98 Å². The highest BCUT2D eigenvalue weighted by Crippen LogP contribution is 2.27. The number of pyridine rings is 1. The number of aromatic nitrogens is 1. The molecule has 0 bridgehead atoms. The van der Waals surface area contributed by atoms with Crippen LogP contribution in [0.15, 0.2) is 30.5 Å². The Labute approximate surface area is 124 Å². The number of phenols is 1. The van der Waals surface area contributed by atoms with Crippen LogP contribution >= 0.6 is 11.6 Å². The molecule has 0 fully saturated rings. The number of rotatable bonds is 3. The molecule has 1 aromatic heterocycles. The number of hydrogen-bond donors (Lipinski definition) is 2. The van der Waals surface area contributed by atoms with Gasteiger partial charge in [-0.2, -0.15) is 0 Å². The Kier molecular flexibility index (Phi) is 4.04. The Bertz CT molecular complexity index is 733. The van der Waals surface area contributed by atoms with E-state index in [0.29, 0.717) is 11.3 Å². The Morgan fingerprint density at radius 1 is 1.43 bits per heavy atom. The molecule has 0 saturated carbocycles. The van der Waals surface area contributed by atoms with Crippen LogP contribution in [0.4, 0.5) is 11.4 Å². The topological polar surface area (TPSA) is 105 Å². The third-order valence-electron chi connectivity index (χ3n) is 2.76. The number of carbonyl (C=O) groups excluding carboxylic acids is 1. The normalized spacial score (nSPS) is 10.2. The first kappa shape index (κ1) is 14.7. The molecule has 21 heavy (non-hydrogen) atoms. The number of nitrogens with one attached hydrogen (secondary N) is 1. The number of aromatic hydroxyl groups is 1. The molecule has 1 amide bonds. The summed E-state index contributed by atoms with van der Waals surface area (Å²) < 4.78 is 0. The van der Waals surface area contributed by atoms with E-state index in [9.17, 15) is 20.0 Å². The van der Waals surface area contributed by atoms with Gasteiger partial charge in [-0.05, 0) is 36.8 Å². The molecule has 0 aliphatic rings. The Hall–Kier alpha value is -2.67. The summed E-state index contributed by atoms with van der Waals surface area (Å²) in [5.74, 6) is -0.595. The molecule has 0 spiro atoms. The maximum Gasteiger partial charge on any atom is 0.319 e. The molecule has 0 unspecified atom stereocenters.